The Morgan fingerprint density at radius 3 is 1.76 bits per heavy atom. The summed E-state index contributed by atoms with van der Waals surface area (Å²) in [6.45, 7) is 2.62. The Labute approximate surface area is 224 Å². The molecule has 7 rings (SSSR count). The number of hydrogen-bond donors (Lipinski definition) is 0. The summed E-state index contributed by atoms with van der Waals surface area (Å²) in [5.41, 5.74) is 6.99. The first kappa shape index (κ1) is 23.4. The molecule has 1 radical (unpaired) electrons. The monoisotopic (exact) mass is 513 g/mol. The van der Waals surface area contributed by atoms with Crippen LogP contribution < -0.4 is 10.5 Å². The van der Waals surface area contributed by atoms with Gasteiger partial charge in [0, 0.05) is 0 Å². The maximum atomic E-state index is 2.62. The van der Waals surface area contributed by atoms with Crippen LogP contribution in [0.15, 0.2) is 97.1 Å². The van der Waals surface area contributed by atoms with Gasteiger partial charge < -0.3 is 0 Å². The summed E-state index contributed by atoms with van der Waals surface area (Å²) in [4.78, 5) is 0. The minimum absolute atomic E-state index is 0.326. The van der Waals surface area contributed by atoms with E-state index in [-0.39, 0.29) is 7.92 Å². The fourth-order valence-corrected chi connectivity index (χ4v) is 13.0. The van der Waals surface area contributed by atoms with Crippen LogP contribution in [-0.2, 0) is 12.3 Å². The first-order chi connectivity index (χ1) is 18.3. The molecule has 1 fully saturated rings. The van der Waals surface area contributed by atoms with E-state index >= 15 is 0 Å². The Balaban J connectivity index is 1.43. The maximum Gasteiger partial charge on any atom is 0.0865 e. The van der Waals surface area contributed by atoms with Crippen LogP contribution in [0, 0.1) is 0 Å². The first-order valence-corrected chi connectivity index (χ1v) is 17.8. The van der Waals surface area contributed by atoms with Crippen molar-refractivity contribution >= 4 is 48.8 Å². The third kappa shape index (κ3) is 4.17. The summed E-state index contributed by atoms with van der Waals surface area (Å²) in [6.07, 6.45) is 9.55. The molecule has 0 bridgehead atoms. The van der Waals surface area contributed by atoms with Crippen LogP contribution in [-0.4, -0.2) is 8.80 Å². The summed E-state index contributed by atoms with van der Waals surface area (Å²) in [5.74, 6) is 0. The van der Waals surface area contributed by atoms with Gasteiger partial charge >= 0.3 is 0 Å². The molecule has 1 aliphatic heterocycles. The second kappa shape index (κ2) is 9.86. The summed E-state index contributed by atoms with van der Waals surface area (Å²) >= 11 is 0. The fraction of sp³-hybridized carbons (Fsp3) is 0.257. The van der Waals surface area contributed by atoms with Crippen LogP contribution in [0.1, 0.15) is 43.2 Å². The van der Waals surface area contributed by atoms with Gasteiger partial charge in [-0.25, -0.2) is 0 Å². The number of fused-ring (bicyclic) bond motifs is 7. The molecule has 5 aromatic carbocycles. The van der Waals surface area contributed by atoms with Crippen LogP contribution in [0.3, 0.4) is 0 Å². The third-order valence-electron chi connectivity index (χ3n) is 8.89. The number of benzene rings is 5. The predicted molar refractivity (Wildman–Crippen MR) is 165 cm³/mol. The summed E-state index contributed by atoms with van der Waals surface area (Å²) in [5, 5.41) is 8.94. The molecule has 1 saturated carbocycles. The lowest BCUT2D eigenvalue weighted by atomic mass is 9.88. The Hall–Kier alpha value is -2.73. The predicted octanol–water partition coefficient (Wildman–Crippen LogP) is 9.15. The Bertz CT molecular complexity index is 1510. The van der Waals surface area contributed by atoms with Crippen molar-refractivity contribution in [3.8, 4) is 11.1 Å². The lowest BCUT2D eigenvalue weighted by molar-refractivity contribution is 0.498. The van der Waals surface area contributed by atoms with E-state index in [9.17, 15) is 0 Å². The van der Waals surface area contributed by atoms with E-state index in [1.165, 1.54) is 88.2 Å². The SMILES string of the molecule is C[Si](c1ccccc1P1Cc2ccc3ccccc3c2-c2c(ccc3ccccc23)C1)C1CCCCC1. The van der Waals surface area contributed by atoms with Gasteiger partial charge in [-0.15, -0.1) is 0 Å². The molecule has 5 aromatic rings. The first-order valence-electron chi connectivity index (χ1n) is 14.0. The molecule has 1 heterocycles. The highest BCUT2D eigenvalue weighted by molar-refractivity contribution is 7.64. The molecule has 0 spiro atoms. The molecule has 183 valence electrons. The molecule has 2 aliphatic rings. The molecule has 0 aromatic heterocycles. The van der Waals surface area contributed by atoms with E-state index in [0.717, 1.165) is 5.54 Å². The fourth-order valence-electron chi connectivity index (χ4n) is 6.96. The van der Waals surface area contributed by atoms with Crippen LogP contribution in [0.2, 0.25) is 12.1 Å². The lowest BCUT2D eigenvalue weighted by Gasteiger charge is -2.30. The minimum Gasteiger partial charge on any atom is -0.0667 e. The van der Waals surface area contributed by atoms with Gasteiger partial charge in [0.25, 0.3) is 0 Å². The van der Waals surface area contributed by atoms with Crippen molar-refractivity contribution in [3.63, 3.8) is 0 Å². The van der Waals surface area contributed by atoms with Gasteiger partial charge in [-0.05, 0) is 67.0 Å². The van der Waals surface area contributed by atoms with E-state index in [2.05, 4.69) is 104 Å². The number of hydrogen-bond acceptors (Lipinski definition) is 0. The van der Waals surface area contributed by atoms with Gasteiger partial charge in [-0.1, -0.05) is 149 Å². The molecular formula is C35H34PSi. The van der Waals surface area contributed by atoms with Crippen molar-refractivity contribution in [1.29, 1.82) is 0 Å². The van der Waals surface area contributed by atoms with Crippen molar-refractivity contribution in [1.82, 2.24) is 0 Å². The largest absolute Gasteiger partial charge is 0.0865 e. The molecule has 0 nitrogen and oxygen atoms in total. The zero-order valence-electron chi connectivity index (χ0n) is 21.7. The average molecular weight is 514 g/mol. The molecule has 0 unspecified atom stereocenters. The Morgan fingerprint density at radius 1 is 0.595 bits per heavy atom. The summed E-state index contributed by atoms with van der Waals surface area (Å²) < 4.78 is 0. The summed E-state index contributed by atoms with van der Waals surface area (Å²) in [7, 11) is -0.890. The van der Waals surface area contributed by atoms with Crippen LogP contribution >= 0.6 is 7.92 Å². The number of rotatable bonds is 3. The van der Waals surface area contributed by atoms with Crippen LogP contribution in [0.5, 0.6) is 0 Å². The van der Waals surface area contributed by atoms with Gasteiger partial charge in [-0.2, -0.15) is 0 Å². The second-order valence-corrected chi connectivity index (χ2v) is 15.9. The standard InChI is InChI=1S/C35H34PSi/c1-37(29-13-3-2-4-14-29)33-18-10-9-17-32(33)36-23-27-21-19-25-11-5-7-15-30(25)34(27)35-28(24-36)22-20-26-12-6-8-16-31(26)35/h5-12,15-22,29H,2-4,13-14,23-24H2,1H3. The van der Waals surface area contributed by atoms with E-state index in [0.29, 0.717) is 0 Å². The molecule has 0 N–H and O–H groups in total. The molecule has 2 heteroatoms. The van der Waals surface area contributed by atoms with Crippen molar-refractivity contribution in [3.05, 3.63) is 108 Å². The van der Waals surface area contributed by atoms with Gasteiger partial charge in [0.2, 0.25) is 0 Å². The highest BCUT2D eigenvalue weighted by Gasteiger charge is 2.30. The molecule has 1 aliphatic carbocycles. The Morgan fingerprint density at radius 2 is 1.14 bits per heavy atom. The Kier molecular flexibility index (Phi) is 6.23. The van der Waals surface area contributed by atoms with Gasteiger partial charge in [0.05, 0.1) is 8.80 Å². The third-order valence-corrected chi connectivity index (χ3v) is 14.7. The van der Waals surface area contributed by atoms with E-state index in [4.69, 9.17) is 0 Å². The van der Waals surface area contributed by atoms with Gasteiger partial charge in [0.1, 0.15) is 0 Å². The highest BCUT2D eigenvalue weighted by Crippen LogP contribution is 2.52. The highest BCUT2D eigenvalue weighted by atomic mass is 31.1. The molecule has 0 saturated heterocycles. The molecule has 0 amide bonds. The minimum atomic E-state index is -0.563. The van der Waals surface area contributed by atoms with Crippen molar-refractivity contribution < 1.29 is 0 Å². The van der Waals surface area contributed by atoms with Crippen molar-refractivity contribution in [2.24, 2.45) is 0 Å². The maximum absolute atomic E-state index is 2.62. The topological polar surface area (TPSA) is 0 Å². The second-order valence-electron chi connectivity index (χ2n) is 11.0. The lowest BCUT2D eigenvalue weighted by Crippen LogP contribution is -2.41. The van der Waals surface area contributed by atoms with E-state index in [1.54, 1.807) is 10.5 Å². The van der Waals surface area contributed by atoms with Crippen LogP contribution in [0.25, 0.3) is 32.7 Å². The smallest absolute Gasteiger partial charge is 0.0667 e. The van der Waals surface area contributed by atoms with E-state index < -0.39 is 8.80 Å². The average Bonchev–Trinajstić information content (AvgIpc) is 3.14. The zero-order chi connectivity index (χ0) is 24.8. The molecule has 0 atom stereocenters. The quantitative estimate of drug-likeness (QED) is 0.167. The van der Waals surface area contributed by atoms with E-state index in [1.807, 2.05) is 0 Å². The normalized spacial score (nSPS) is 16.6. The summed E-state index contributed by atoms with van der Waals surface area (Å²) in [6, 6.07) is 37.3. The van der Waals surface area contributed by atoms with Gasteiger partial charge in [-0.3, -0.25) is 0 Å². The zero-order valence-corrected chi connectivity index (χ0v) is 23.6. The van der Waals surface area contributed by atoms with Gasteiger partial charge in [0.15, 0.2) is 0 Å². The van der Waals surface area contributed by atoms with Crippen molar-refractivity contribution in [2.75, 3.05) is 0 Å². The molecular weight excluding hydrogens is 479 g/mol. The molecule has 37 heavy (non-hydrogen) atoms. The van der Waals surface area contributed by atoms with Crippen LogP contribution in [0.4, 0.5) is 0 Å². The van der Waals surface area contributed by atoms with Crippen molar-refractivity contribution in [2.45, 2.75) is 56.5 Å².